The molecule has 17 heavy (non-hydrogen) atoms. The van der Waals surface area contributed by atoms with Crippen molar-refractivity contribution in [3.63, 3.8) is 0 Å². The van der Waals surface area contributed by atoms with E-state index < -0.39 is 15.7 Å². The van der Waals surface area contributed by atoms with Gasteiger partial charge < -0.3 is 1.43 Å². The van der Waals surface area contributed by atoms with Gasteiger partial charge in [-0.2, -0.15) is 8.42 Å². The van der Waals surface area contributed by atoms with Crippen LogP contribution in [0.2, 0.25) is 0 Å². The van der Waals surface area contributed by atoms with E-state index in [0.29, 0.717) is 6.42 Å². The molecular formula is C12H19NaO3S. The van der Waals surface area contributed by atoms with E-state index in [1.807, 2.05) is 37.3 Å². The maximum atomic E-state index is 11.6. The van der Waals surface area contributed by atoms with E-state index in [1.54, 1.807) is 13.8 Å². The molecular weight excluding hydrogens is 247 g/mol. The molecule has 0 radical (unpaired) electrons. The Morgan fingerprint density at radius 2 is 1.76 bits per heavy atom. The summed E-state index contributed by atoms with van der Waals surface area (Å²) in [6.07, 6.45) is 0.563. The second kappa shape index (κ2) is 6.90. The molecule has 0 aliphatic rings. The maximum absolute atomic E-state index is 11.6. The van der Waals surface area contributed by atoms with Gasteiger partial charge in [-0.1, -0.05) is 37.3 Å². The zero-order valence-corrected chi connectivity index (χ0v) is 13.8. The normalized spacial score (nSPS) is 11.9. The fraction of sp³-hybridized carbons (Fsp3) is 0.500. The maximum Gasteiger partial charge on any atom is 1.00 e. The van der Waals surface area contributed by atoms with Crippen molar-refractivity contribution in [2.24, 2.45) is 0 Å². The van der Waals surface area contributed by atoms with Gasteiger partial charge in [0.15, 0.2) is 0 Å². The van der Waals surface area contributed by atoms with Crippen LogP contribution < -0.4 is 29.6 Å². The second-order valence-corrected chi connectivity index (χ2v) is 5.91. The third-order valence-electron chi connectivity index (χ3n) is 2.26. The molecule has 92 valence electrons. The summed E-state index contributed by atoms with van der Waals surface area (Å²) in [6.45, 7) is 5.33. The molecule has 0 N–H and O–H groups in total. The van der Waals surface area contributed by atoms with Crippen LogP contribution >= 0.6 is 0 Å². The summed E-state index contributed by atoms with van der Waals surface area (Å²) in [5.41, 5.74) is 0.0459. The predicted octanol–water partition coefficient (Wildman–Crippen LogP) is -0.205. The van der Waals surface area contributed by atoms with Crippen LogP contribution in [-0.4, -0.2) is 14.2 Å². The van der Waals surface area contributed by atoms with Gasteiger partial charge in [0.1, 0.15) is 5.60 Å². The Morgan fingerprint density at radius 1 is 1.24 bits per heavy atom. The standard InChI is InChI=1S/C12H18O3S.Na.H/c1-4-10-16(13,14)15-12(2,3)11-8-6-5-7-9-11;;/h5-9H,4,10H2,1-3H3;;/q;+1;-1. The summed E-state index contributed by atoms with van der Waals surface area (Å²) in [6, 6.07) is 9.35. The predicted molar refractivity (Wildman–Crippen MR) is 65.7 cm³/mol. The molecule has 0 fully saturated rings. The van der Waals surface area contributed by atoms with Crippen molar-refractivity contribution in [3.05, 3.63) is 35.9 Å². The summed E-state index contributed by atoms with van der Waals surface area (Å²) in [4.78, 5) is 0. The monoisotopic (exact) mass is 266 g/mol. The quantitative estimate of drug-likeness (QED) is 0.547. The van der Waals surface area contributed by atoms with E-state index in [0.717, 1.165) is 5.56 Å². The van der Waals surface area contributed by atoms with Gasteiger partial charge in [-0.05, 0) is 25.8 Å². The SMILES string of the molecule is CCCS(=O)(=O)OC(C)(C)c1ccccc1.[H-].[Na+]. The van der Waals surface area contributed by atoms with E-state index in [4.69, 9.17) is 4.18 Å². The third-order valence-corrected chi connectivity index (χ3v) is 3.84. The molecule has 1 rings (SSSR count). The van der Waals surface area contributed by atoms with Gasteiger partial charge in [-0.15, -0.1) is 0 Å². The van der Waals surface area contributed by atoms with E-state index in [9.17, 15) is 8.42 Å². The molecule has 0 aliphatic carbocycles. The van der Waals surface area contributed by atoms with Crippen LogP contribution in [0.3, 0.4) is 0 Å². The molecule has 1 aromatic carbocycles. The Morgan fingerprint density at radius 3 is 2.24 bits per heavy atom. The van der Waals surface area contributed by atoms with Crippen molar-refractivity contribution in [2.45, 2.75) is 32.8 Å². The molecule has 1 aromatic rings. The Labute approximate surface area is 127 Å². The van der Waals surface area contributed by atoms with E-state index in [1.165, 1.54) is 0 Å². The first-order valence-corrected chi connectivity index (χ1v) is 6.94. The number of benzene rings is 1. The van der Waals surface area contributed by atoms with Gasteiger partial charge >= 0.3 is 29.6 Å². The Balaban J connectivity index is 0. The summed E-state index contributed by atoms with van der Waals surface area (Å²) >= 11 is 0. The second-order valence-electron chi connectivity index (χ2n) is 4.22. The summed E-state index contributed by atoms with van der Waals surface area (Å²) in [7, 11) is -3.44. The molecule has 0 bridgehead atoms. The van der Waals surface area contributed by atoms with Crippen LogP contribution in [0.25, 0.3) is 0 Å². The van der Waals surface area contributed by atoms with Crippen LogP contribution in [0.1, 0.15) is 34.2 Å². The molecule has 0 atom stereocenters. The summed E-state index contributed by atoms with van der Waals surface area (Å²) in [5.74, 6) is 0.0588. The third kappa shape index (κ3) is 5.53. The van der Waals surface area contributed by atoms with Crippen molar-refractivity contribution < 1.29 is 43.6 Å². The molecule has 3 nitrogen and oxygen atoms in total. The van der Waals surface area contributed by atoms with Crippen LogP contribution in [0.4, 0.5) is 0 Å². The minimum absolute atomic E-state index is 0. The molecule has 5 heteroatoms. The Bertz CT molecular complexity index is 432. The van der Waals surface area contributed by atoms with Crippen molar-refractivity contribution in [1.82, 2.24) is 0 Å². The van der Waals surface area contributed by atoms with E-state index >= 15 is 0 Å². The molecule has 0 spiro atoms. The summed E-state index contributed by atoms with van der Waals surface area (Å²) < 4.78 is 28.4. The van der Waals surface area contributed by atoms with Gasteiger partial charge in [-0.25, -0.2) is 0 Å². The minimum atomic E-state index is -3.44. The fourth-order valence-electron chi connectivity index (χ4n) is 1.50. The average molecular weight is 266 g/mol. The molecule has 0 aliphatic heterocycles. The Hall–Kier alpha value is 0.130. The smallest absolute Gasteiger partial charge is 1.00 e. The zero-order valence-electron chi connectivity index (χ0n) is 11.9. The van der Waals surface area contributed by atoms with Crippen LogP contribution in [0, 0.1) is 0 Å². The van der Waals surface area contributed by atoms with Crippen LogP contribution in [0.5, 0.6) is 0 Å². The molecule has 0 aromatic heterocycles. The first-order valence-electron chi connectivity index (χ1n) is 5.36. The van der Waals surface area contributed by atoms with Gasteiger partial charge in [0.2, 0.25) is 0 Å². The number of rotatable bonds is 5. The van der Waals surface area contributed by atoms with Crippen molar-refractivity contribution >= 4 is 10.1 Å². The van der Waals surface area contributed by atoms with Crippen LogP contribution in [0.15, 0.2) is 30.3 Å². The van der Waals surface area contributed by atoms with Gasteiger partial charge in [0.05, 0.1) is 5.75 Å². The summed E-state index contributed by atoms with van der Waals surface area (Å²) in [5, 5.41) is 0. The van der Waals surface area contributed by atoms with Crippen molar-refractivity contribution in [3.8, 4) is 0 Å². The average Bonchev–Trinajstić information content (AvgIpc) is 2.17. The largest absolute Gasteiger partial charge is 1.00 e. The van der Waals surface area contributed by atoms with E-state index in [2.05, 4.69) is 0 Å². The zero-order chi connectivity index (χ0) is 12.2. The number of hydrogen-bond donors (Lipinski definition) is 0. The molecule has 0 heterocycles. The first-order chi connectivity index (χ1) is 7.37. The van der Waals surface area contributed by atoms with Gasteiger partial charge in [0, 0.05) is 0 Å². The van der Waals surface area contributed by atoms with Crippen LogP contribution in [-0.2, 0) is 19.9 Å². The van der Waals surface area contributed by atoms with Gasteiger partial charge in [-0.3, -0.25) is 4.18 Å². The topological polar surface area (TPSA) is 43.4 Å². The molecule has 0 amide bonds. The van der Waals surface area contributed by atoms with Crippen molar-refractivity contribution in [1.29, 1.82) is 0 Å². The van der Waals surface area contributed by atoms with E-state index in [-0.39, 0.29) is 36.7 Å². The molecule has 0 saturated carbocycles. The fourth-order valence-corrected chi connectivity index (χ4v) is 2.81. The first kappa shape index (κ1) is 17.1. The van der Waals surface area contributed by atoms with Gasteiger partial charge in [0.25, 0.3) is 10.1 Å². The van der Waals surface area contributed by atoms with Crippen molar-refractivity contribution in [2.75, 3.05) is 5.75 Å². The molecule has 0 saturated heterocycles. The molecule has 0 unspecified atom stereocenters. The Kier molecular flexibility index (Phi) is 6.95. The number of hydrogen-bond acceptors (Lipinski definition) is 3. The minimum Gasteiger partial charge on any atom is -1.00 e.